The van der Waals surface area contributed by atoms with Crippen LogP contribution in [-0.2, 0) is 0 Å². The zero-order valence-corrected chi connectivity index (χ0v) is 10.3. The molecule has 0 aliphatic carbocycles. The molecule has 1 nitrogen and oxygen atoms in total. The van der Waals surface area contributed by atoms with Gasteiger partial charge in [-0.15, -0.1) is 0 Å². The van der Waals surface area contributed by atoms with E-state index in [0.717, 1.165) is 35.9 Å². The van der Waals surface area contributed by atoms with Crippen LogP contribution in [0.4, 0.5) is 0 Å². The maximum absolute atomic E-state index is 2.81. The van der Waals surface area contributed by atoms with E-state index in [1.54, 1.807) is 0 Å². The average Bonchev–Trinajstić information content (AvgIpc) is 2.41. The van der Waals surface area contributed by atoms with Crippen molar-refractivity contribution in [3.8, 4) is 0 Å². The van der Waals surface area contributed by atoms with Crippen molar-refractivity contribution in [2.75, 3.05) is 0 Å². The molecular formula is C13H25N. The molecule has 0 aromatic heterocycles. The summed E-state index contributed by atoms with van der Waals surface area (Å²) in [5.41, 5.74) is 0. The number of rotatable bonds is 0. The molecule has 2 aliphatic heterocycles. The summed E-state index contributed by atoms with van der Waals surface area (Å²) in [4.78, 5) is 2.81. The first-order valence-electron chi connectivity index (χ1n) is 6.29. The molecule has 2 rings (SSSR count). The molecule has 6 atom stereocenters. The Hall–Kier alpha value is -0.0400. The molecule has 0 N–H and O–H groups in total. The second kappa shape index (κ2) is 3.52. The van der Waals surface area contributed by atoms with Gasteiger partial charge in [0.1, 0.15) is 0 Å². The molecule has 0 radical (unpaired) electrons. The third-order valence-electron chi connectivity index (χ3n) is 4.98. The number of hydrogen-bond acceptors (Lipinski definition) is 1. The van der Waals surface area contributed by atoms with Gasteiger partial charge in [0.2, 0.25) is 0 Å². The van der Waals surface area contributed by atoms with E-state index in [4.69, 9.17) is 0 Å². The number of fused-ring (bicyclic) bond motifs is 1. The molecule has 0 amide bonds. The summed E-state index contributed by atoms with van der Waals surface area (Å²) in [5, 5.41) is 0. The van der Waals surface area contributed by atoms with Crippen molar-refractivity contribution >= 4 is 0 Å². The van der Waals surface area contributed by atoms with Gasteiger partial charge in [0.25, 0.3) is 0 Å². The lowest BCUT2D eigenvalue weighted by Gasteiger charge is -2.46. The molecule has 0 saturated carbocycles. The van der Waals surface area contributed by atoms with E-state index < -0.39 is 0 Å². The molecule has 0 unspecified atom stereocenters. The van der Waals surface area contributed by atoms with Gasteiger partial charge in [0, 0.05) is 18.1 Å². The van der Waals surface area contributed by atoms with Gasteiger partial charge in [0.05, 0.1) is 0 Å². The molecule has 1 heteroatoms. The van der Waals surface area contributed by atoms with Gasteiger partial charge in [-0.05, 0) is 44.4 Å². The van der Waals surface area contributed by atoms with E-state index in [1.807, 2.05) is 0 Å². The first-order chi connectivity index (χ1) is 6.52. The van der Waals surface area contributed by atoms with Gasteiger partial charge >= 0.3 is 0 Å². The predicted octanol–water partition coefficient (Wildman–Crippen LogP) is 3.15. The van der Waals surface area contributed by atoms with Gasteiger partial charge in [-0.25, -0.2) is 0 Å². The van der Waals surface area contributed by atoms with Crippen molar-refractivity contribution in [2.24, 2.45) is 17.8 Å². The smallest absolute Gasteiger partial charge is 0.0130 e. The highest BCUT2D eigenvalue weighted by molar-refractivity contribution is 4.99. The van der Waals surface area contributed by atoms with Crippen molar-refractivity contribution < 1.29 is 0 Å². The van der Waals surface area contributed by atoms with Crippen LogP contribution in [0.5, 0.6) is 0 Å². The van der Waals surface area contributed by atoms with Crippen molar-refractivity contribution in [3.05, 3.63) is 0 Å². The molecule has 82 valence electrons. The standard InChI is InChI=1S/C13H25N/c1-8-6-10(3)13-7-9(2)12(5)14(13)11(8)4/h8-13H,6-7H2,1-5H3/t8-,9+,10+,11-,12+,13+/m0/s1. The van der Waals surface area contributed by atoms with Gasteiger partial charge in [0.15, 0.2) is 0 Å². The molecule has 2 saturated heterocycles. The van der Waals surface area contributed by atoms with E-state index in [2.05, 4.69) is 39.5 Å². The Kier molecular flexibility index (Phi) is 2.63. The average molecular weight is 195 g/mol. The van der Waals surface area contributed by atoms with Crippen LogP contribution < -0.4 is 0 Å². The predicted molar refractivity (Wildman–Crippen MR) is 61.3 cm³/mol. The Morgan fingerprint density at radius 1 is 0.714 bits per heavy atom. The maximum Gasteiger partial charge on any atom is 0.0130 e. The van der Waals surface area contributed by atoms with E-state index in [9.17, 15) is 0 Å². The summed E-state index contributed by atoms with van der Waals surface area (Å²) in [6, 6.07) is 2.49. The summed E-state index contributed by atoms with van der Waals surface area (Å²) in [6.07, 6.45) is 2.86. The van der Waals surface area contributed by atoms with E-state index in [1.165, 1.54) is 12.8 Å². The van der Waals surface area contributed by atoms with E-state index in [0.29, 0.717) is 0 Å². The summed E-state index contributed by atoms with van der Waals surface area (Å²) in [7, 11) is 0. The third-order valence-corrected chi connectivity index (χ3v) is 4.98. The zero-order chi connectivity index (χ0) is 10.5. The van der Waals surface area contributed by atoms with Crippen LogP contribution in [0.15, 0.2) is 0 Å². The second-order valence-electron chi connectivity index (χ2n) is 5.90. The molecule has 2 heterocycles. The monoisotopic (exact) mass is 195 g/mol. The Morgan fingerprint density at radius 3 is 1.79 bits per heavy atom. The largest absolute Gasteiger partial charge is 0.294 e. The van der Waals surface area contributed by atoms with Gasteiger partial charge < -0.3 is 0 Å². The van der Waals surface area contributed by atoms with Crippen LogP contribution in [0.2, 0.25) is 0 Å². The highest BCUT2D eigenvalue weighted by Crippen LogP contribution is 2.42. The van der Waals surface area contributed by atoms with Crippen molar-refractivity contribution in [1.29, 1.82) is 0 Å². The molecular weight excluding hydrogens is 170 g/mol. The fraction of sp³-hybridized carbons (Fsp3) is 1.00. The third kappa shape index (κ3) is 1.41. The van der Waals surface area contributed by atoms with Gasteiger partial charge in [-0.2, -0.15) is 0 Å². The summed E-state index contributed by atoms with van der Waals surface area (Å²) >= 11 is 0. The lowest BCUT2D eigenvalue weighted by atomic mass is 9.81. The summed E-state index contributed by atoms with van der Waals surface area (Å²) in [5.74, 6) is 2.69. The molecule has 2 fully saturated rings. The minimum absolute atomic E-state index is 0.802. The highest BCUT2D eigenvalue weighted by Gasteiger charge is 2.45. The molecule has 0 aromatic carbocycles. The van der Waals surface area contributed by atoms with E-state index >= 15 is 0 Å². The zero-order valence-electron chi connectivity index (χ0n) is 10.3. The lowest BCUT2D eigenvalue weighted by Crippen LogP contribution is -2.52. The fourth-order valence-corrected chi connectivity index (χ4v) is 3.73. The van der Waals surface area contributed by atoms with Crippen molar-refractivity contribution in [2.45, 2.75) is 65.6 Å². The normalized spacial score (nSPS) is 54.6. The number of hydrogen-bond donors (Lipinski definition) is 0. The summed E-state index contributed by atoms with van der Waals surface area (Å²) < 4.78 is 0. The van der Waals surface area contributed by atoms with Crippen LogP contribution in [0.1, 0.15) is 47.5 Å². The van der Waals surface area contributed by atoms with Crippen LogP contribution in [0, 0.1) is 17.8 Å². The first kappa shape index (κ1) is 10.5. The number of nitrogens with zero attached hydrogens (tertiary/aromatic N) is 1. The van der Waals surface area contributed by atoms with Crippen molar-refractivity contribution in [1.82, 2.24) is 4.90 Å². The molecule has 0 spiro atoms. The highest BCUT2D eigenvalue weighted by atomic mass is 15.3. The van der Waals surface area contributed by atoms with Crippen LogP contribution in [-0.4, -0.2) is 23.0 Å². The Morgan fingerprint density at radius 2 is 1.21 bits per heavy atom. The SMILES string of the molecule is C[C@@H]1C[C@@H]2[C@H](C)C[C@H](C)[C@H](C)N2[C@@H]1C. The maximum atomic E-state index is 2.81. The van der Waals surface area contributed by atoms with Gasteiger partial charge in [-0.1, -0.05) is 20.8 Å². The van der Waals surface area contributed by atoms with E-state index in [-0.39, 0.29) is 0 Å². The quantitative estimate of drug-likeness (QED) is 0.574. The Balaban J connectivity index is 2.21. The van der Waals surface area contributed by atoms with Crippen LogP contribution in [0.25, 0.3) is 0 Å². The fourth-order valence-electron chi connectivity index (χ4n) is 3.73. The molecule has 2 aliphatic rings. The molecule has 14 heavy (non-hydrogen) atoms. The molecule has 0 aromatic rings. The van der Waals surface area contributed by atoms with Crippen LogP contribution in [0.3, 0.4) is 0 Å². The first-order valence-corrected chi connectivity index (χ1v) is 6.29. The molecule has 0 bridgehead atoms. The summed E-state index contributed by atoms with van der Waals surface area (Å²) in [6.45, 7) is 12.1. The minimum atomic E-state index is 0.802. The second-order valence-corrected chi connectivity index (χ2v) is 5.90. The van der Waals surface area contributed by atoms with Gasteiger partial charge in [-0.3, -0.25) is 4.90 Å². The minimum Gasteiger partial charge on any atom is -0.294 e. The van der Waals surface area contributed by atoms with Crippen molar-refractivity contribution in [3.63, 3.8) is 0 Å². The van der Waals surface area contributed by atoms with Crippen LogP contribution >= 0.6 is 0 Å². The lowest BCUT2D eigenvalue weighted by molar-refractivity contribution is 0.0241. The number of piperidine rings is 1. The Bertz CT molecular complexity index is 213. The topological polar surface area (TPSA) is 3.24 Å². The Labute approximate surface area is 88.9 Å².